The van der Waals surface area contributed by atoms with E-state index in [0.29, 0.717) is 12.4 Å². The Morgan fingerprint density at radius 1 is 1.30 bits per heavy atom. The monoisotopic (exact) mass is 295 g/mol. The Morgan fingerprint density at radius 2 is 2.00 bits per heavy atom. The first-order valence-corrected chi connectivity index (χ1v) is 7.52. The van der Waals surface area contributed by atoms with Gasteiger partial charge in [-0.2, -0.15) is 9.40 Å². The van der Waals surface area contributed by atoms with E-state index in [1.165, 1.54) is 17.7 Å². The van der Waals surface area contributed by atoms with Crippen molar-refractivity contribution in [2.45, 2.75) is 18.0 Å². The summed E-state index contributed by atoms with van der Waals surface area (Å²) in [6.45, 7) is 0.856. The van der Waals surface area contributed by atoms with Crippen LogP contribution < -0.4 is 5.32 Å². The molecular formula is C12H17N5O2S. The number of rotatable bonds is 6. The average molecular weight is 295 g/mol. The fourth-order valence-corrected chi connectivity index (χ4v) is 2.90. The zero-order valence-corrected chi connectivity index (χ0v) is 12.2. The highest BCUT2D eigenvalue weighted by molar-refractivity contribution is 7.89. The first kappa shape index (κ1) is 14.6. The van der Waals surface area contributed by atoms with Crippen LogP contribution in [0.4, 0.5) is 0 Å². The van der Waals surface area contributed by atoms with E-state index < -0.39 is 10.0 Å². The largest absolute Gasteiger partial charge is 0.316 e. The summed E-state index contributed by atoms with van der Waals surface area (Å²) in [5, 5.41) is 9.35. The topological polar surface area (TPSA) is 91.0 Å². The van der Waals surface area contributed by atoms with Crippen LogP contribution in [0.1, 0.15) is 11.4 Å². The van der Waals surface area contributed by atoms with Gasteiger partial charge in [0.1, 0.15) is 12.2 Å². The molecule has 0 aliphatic carbocycles. The third-order valence-electron chi connectivity index (χ3n) is 2.85. The van der Waals surface area contributed by atoms with Crippen molar-refractivity contribution >= 4 is 10.0 Å². The van der Waals surface area contributed by atoms with Gasteiger partial charge in [0.2, 0.25) is 10.0 Å². The van der Waals surface area contributed by atoms with Crippen molar-refractivity contribution in [2.75, 3.05) is 14.1 Å². The second-order valence-corrected chi connectivity index (χ2v) is 6.41. The fourth-order valence-electron chi connectivity index (χ4n) is 1.77. The number of hydrogen-bond donors (Lipinski definition) is 2. The molecule has 0 spiro atoms. The Balaban J connectivity index is 2.16. The Bertz CT molecular complexity index is 637. The molecule has 0 unspecified atom stereocenters. The molecule has 0 saturated heterocycles. The molecule has 1 aromatic carbocycles. The molecule has 0 fully saturated rings. The highest BCUT2D eigenvalue weighted by Gasteiger charge is 2.21. The molecule has 0 saturated carbocycles. The van der Waals surface area contributed by atoms with E-state index in [9.17, 15) is 8.42 Å². The Kier molecular flexibility index (Phi) is 4.48. The molecule has 1 aromatic heterocycles. The van der Waals surface area contributed by atoms with E-state index in [1.807, 2.05) is 7.05 Å². The summed E-state index contributed by atoms with van der Waals surface area (Å²) < 4.78 is 26.0. The lowest BCUT2D eigenvalue weighted by molar-refractivity contribution is 0.457. The Labute approximate surface area is 118 Å². The maximum absolute atomic E-state index is 12.4. The SMILES string of the molecule is CNCc1ccc(S(=O)(=O)N(C)Cc2ncn[nH]2)cc1. The molecule has 0 atom stereocenters. The zero-order chi connectivity index (χ0) is 14.6. The van der Waals surface area contributed by atoms with Gasteiger partial charge in [-0.05, 0) is 24.7 Å². The van der Waals surface area contributed by atoms with Gasteiger partial charge in [-0.3, -0.25) is 5.10 Å². The van der Waals surface area contributed by atoms with Crippen LogP contribution in [-0.2, 0) is 23.1 Å². The highest BCUT2D eigenvalue weighted by atomic mass is 32.2. The molecule has 8 heteroatoms. The van der Waals surface area contributed by atoms with Gasteiger partial charge in [0.25, 0.3) is 0 Å². The van der Waals surface area contributed by atoms with E-state index in [1.54, 1.807) is 24.3 Å². The van der Waals surface area contributed by atoms with Crippen LogP contribution >= 0.6 is 0 Å². The summed E-state index contributed by atoms with van der Waals surface area (Å²) in [5.74, 6) is 0.503. The quantitative estimate of drug-likeness (QED) is 0.802. The van der Waals surface area contributed by atoms with Crippen LogP contribution in [-0.4, -0.2) is 42.0 Å². The van der Waals surface area contributed by atoms with E-state index in [-0.39, 0.29) is 11.4 Å². The van der Waals surface area contributed by atoms with Gasteiger partial charge in [0.05, 0.1) is 11.4 Å². The average Bonchev–Trinajstić information content (AvgIpc) is 2.92. The smallest absolute Gasteiger partial charge is 0.243 e. The number of sulfonamides is 1. The van der Waals surface area contributed by atoms with Crippen LogP contribution in [0.2, 0.25) is 0 Å². The molecule has 0 aliphatic rings. The summed E-state index contributed by atoms with van der Waals surface area (Å²) in [6, 6.07) is 6.81. The van der Waals surface area contributed by atoms with Crippen molar-refractivity contribution in [2.24, 2.45) is 0 Å². The van der Waals surface area contributed by atoms with Gasteiger partial charge in [-0.15, -0.1) is 0 Å². The molecule has 0 aliphatic heterocycles. The number of aromatic nitrogens is 3. The summed E-state index contributed by atoms with van der Waals surface area (Å²) >= 11 is 0. The molecule has 108 valence electrons. The maximum Gasteiger partial charge on any atom is 0.243 e. The first-order valence-electron chi connectivity index (χ1n) is 6.08. The third kappa shape index (κ3) is 3.21. The Morgan fingerprint density at radius 3 is 2.55 bits per heavy atom. The number of H-pyrrole nitrogens is 1. The molecule has 0 bridgehead atoms. The highest BCUT2D eigenvalue weighted by Crippen LogP contribution is 2.16. The van der Waals surface area contributed by atoms with Gasteiger partial charge in [0, 0.05) is 13.6 Å². The Hall–Kier alpha value is -1.77. The van der Waals surface area contributed by atoms with Crippen LogP contribution in [0.15, 0.2) is 35.5 Å². The lowest BCUT2D eigenvalue weighted by Gasteiger charge is -2.16. The lowest BCUT2D eigenvalue weighted by Crippen LogP contribution is -2.27. The summed E-state index contributed by atoms with van der Waals surface area (Å²) in [5.41, 5.74) is 1.03. The standard InChI is InChI=1S/C12H17N5O2S/c1-13-7-10-3-5-11(6-4-10)20(18,19)17(2)8-12-14-9-15-16-12/h3-6,9,13H,7-8H2,1-2H3,(H,14,15,16). The summed E-state index contributed by atoms with van der Waals surface area (Å²) in [7, 11) is -0.165. The minimum atomic E-state index is -3.52. The van der Waals surface area contributed by atoms with Crippen LogP contribution in [0, 0.1) is 0 Å². The fraction of sp³-hybridized carbons (Fsp3) is 0.333. The second-order valence-electron chi connectivity index (χ2n) is 4.37. The van der Waals surface area contributed by atoms with E-state index in [4.69, 9.17) is 0 Å². The third-order valence-corrected chi connectivity index (χ3v) is 4.67. The summed E-state index contributed by atoms with van der Waals surface area (Å²) in [6.07, 6.45) is 1.35. The van der Waals surface area contributed by atoms with Crippen LogP contribution in [0.3, 0.4) is 0 Å². The molecule has 1 heterocycles. The number of nitrogens with zero attached hydrogens (tertiary/aromatic N) is 3. The molecule has 7 nitrogen and oxygen atoms in total. The van der Waals surface area contributed by atoms with Gasteiger partial charge in [-0.25, -0.2) is 13.4 Å². The van der Waals surface area contributed by atoms with Crippen molar-refractivity contribution in [3.63, 3.8) is 0 Å². The van der Waals surface area contributed by atoms with E-state index in [0.717, 1.165) is 5.56 Å². The minimum absolute atomic E-state index is 0.153. The lowest BCUT2D eigenvalue weighted by atomic mass is 10.2. The zero-order valence-electron chi connectivity index (χ0n) is 11.4. The molecule has 2 aromatic rings. The van der Waals surface area contributed by atoms with Crippen molar-refractivity contribution in [1.29, 1.82) is 0 Å². The summed E-state index contributed by atoms with van der Waals surface area (Å²) in [4.78, 5) is 4.18. The molecular weight excluding hydrogens is 278 g/mol. The molecule has 2 rings (SSSR count). The van der Waals surface area contributed by atoms with E-state index >= 15 is 0 Å². The number of aromatic amines is 1. The van der Waals surface area contributed by atoms with Gasteiger partial charge in [-0.1, -0.05) is 12.1 Å². The predicted molar refractivity (Wildman–Crippen MR) is 74.2 cm³/mol. The van der Waals surface area contributed by atoms with Crippen molar-refractivity contribution < 1.29 is 8.42 Å². The van der Waals surface area contributed by atoms with Gasteiger partial charge >= 0.3 is 0 Å². The second kappa shape index (κ2) is 6.12. The van der Waals surface area contributed by atoms with Crippen LogP contribution in [0.25, 0.3) is 0 Å². The van der Waals surface area contributed by atoms with Gasteiger partial charge in [0.15, 0.2) is 0 Å². The molecule has 2 N–H and O–H groups in total. The molecule has 0 amide bonds. The number of benzene rings is 1. The predicted octanol–water partition coefficient (Wildman–Crippen LogP) is 0.345. The van der Waals surface area contributed by atoms with Crippen LogP contribution in [0.5, 0.6) is 0 Å². The number of nitrogens with one attached hydrogen (secondary N) is 2. The first-order chi connectivity index (χ1) is 9.54. The molecule has 20 heavy (non-hydrogen) atoms. The van der Waals surface area contributed by atoms with Gasteiger partial charge < -0.3 is 5.32 Å². The van der Waals surface area contributed by atoms with Crippen molar-refractivity contribution in [1.82, 2.24) is 24.8 Å². The minimum Gasteiger partial charge on any atom is -0.316 e. The van der Waals surface area contributed by atoms with Crippen molar-refractivity contribution in [3.8, 4) is 0 Å². The molecule has 0 radical (unpaired) electrons. The maximum atomic E-state index is 12.4. The van der Waals surface area contributed by atoms with Crippen molar-refractivity contribution in [3.05, 3.63) is 42.0 Å². The van der Waals surface area contributed by atoms with E-state index in [2.05, 4.69) is 20.5 Å². The normalized spacial score (nSPS) is 11.9. The number of hydrogen-bond acceptors (Lipinski definition) is 5.